The van der Waals surface area contributed by atoms with Crippen LogP contribution in [0.25, 0.3) is 0 Å². The lowest BCUT2D eigenvalue weighted by atomic mass is 10.0. The van der Waals surface area contributed by atoms with E-state index in [9.17, 15) is 9.59 Å². The van der Waals surface area contributed by atoms with E-state index in [1.165, 1.54) is 6.92 Å². The number of rotatable bonds is 2. The van der Waals surface area contributed by atoms with E-state index < -0.39 is 0 Å². The molecule has 1 aromatic rings. The third-order valence-electron chi connectivity index (χ3n) is 4.70. The maximum atomic E-state index is 13.1. The zero-order chi connectivity index (χ0) is 16.4. The van der Waals surface area contributed by atoms with Gasteiger partial charge in [-0.3, -0.25) is 9.59 Å². The van der Waals surface area contributed by atoms with Gasteiger partial charge in [0.15, 0.2) is 0 Å². The molecule has 0 bridgehead atoms. The number of carbonyl (C=O) groups is 2. The summed E-state index contributed by atoms with van der Waals surface area (Å²) in [6.45, 7) is 4.35. The molecule has 0 radical (unpaired) electrons. The van der Waals surface area contributed by atoms with Gasteiger partial charge in [0.2, 0.25) is 11.8 Å². The smallest absolute Gasteiger partial charge is 0.245 e. The Labute approximate surface area is 153 Å². The molecule has 2 fully saturated rings. The molecule has 2 aliphatic rings. The predicted octanol–water partition coefficient (Wildman–Crippen LogP) is 2.25. The number of piperazine rings is 1. The van der Waals surface area contributed by atoms with E-state index in [2.05, 4.69) is 5.32 Å². The molecule has 3 rings (SSSR count). The summed E-state index contributed by atoms with van der Waals surface area (Å²) in [5, 5.41) is 4.02. The number of carbonyl (C=O) groups excluding carboxylic acids is 2. The lowest BCUT2D eigenvalue weighted by molar-refractivity contribution is -0.145. The van der Waals surface area contributed by atoms with E-state index in [-0.39, 0.29) is 36.3 Å². The number of hydrogen-bond acceptors (Lipinski definition) is 3. The van der Waals surface area contributed by atoms with Crippen molar-refractivity contribution in [2.75, 3.05) is 26.2 Å². The standard InChI is InChI=1S/C17H22ClN3O2.ClH/c1-12(22)20-8-3-6-15(20)17(23)21-9-7-19-11-16(21)13-4-2-5-14(18)10-13;/h2,4-5,10,15-16,19H,3,6-9,11H2,1H3;1H. The Bertz CT molecular complexity index is 611. The molecule has 1 N–H and O–H groups in total. The van der Waals surface area contributed by atoms with Gasteiger partial charge in [0.1, 0.15) is 6.04 Å². The van der Waals surface area contributed by atoms with Crippen LogP contribution < -0.4 is 5.32 Å². The van der Waals surface area contributed by atoms with Crippen LogP contribution in [0.2, 0.25) is 5.02 Å². The molecule has 5 nitrogen and oxygen atoms in total. The first-order valence-electron chi connectivity index (χ1n) is 8.12. The second-order valence-electron chi connectivity index (χ2n) is 6.18. The quantitative estimate of drug-likeness (QED) is 0.867. The normalized spacial score (nSPS) is 23.8. The van der Waals surface area contributed by atoms with Crippen molar-refractivity contribution >= 4 is 35.8 Å². The first-order valence-corrected chi connectivity index (χ1v) is 8.49. The summed E-state index contributed by atoms with van der Waals surface area (Å²) in [6, 6.07) is 7.31. The third-order valence-corrected chi connectivity index (χ3v) is 4.94. The number of halogens is 2. The predicted molar refractivity (Wildman–Crippen MR) is 96.4 cm³/mol. The molecule has 2 amide bonds. The average molecular weight is 372 g/mol. The minimum Gasteiger partial charge on any atom is -0.331 e. The Balaban J connectivity index is 0.00000208. The molecular formula is C17H23Cl2N3O2. The lowest BCUT2D eigenvalue weighted by Gasteiger charge is -2.39. The van der Waals surface area contributed by atoms with Crippen molar-refractivity contribution < 1.29 is 9.59 Å². The van der Waals surface area contributed by atoms with Crippen LogP contribution in [-0.2, 0) is 9.59 Å². The van der Waals surface area contributed by atoms with Gasteiger partial charge in [-0.25, -0.2) is 0 Å². The third kappa shape index (κ3) is 3.85. The van der Waals surface area contributed by atoms with Crippen molar-refractivity contribution in [2.45, 2.75) is 31.8 Å². The zero-order valence-corrected chi connectivity index (χ0v) is 15.3. The molecule has 2 saturated heterocycles. The fourth-order valence-corrected chi connectivity index (χ4v) is 3.77. The van der Waals surface area contributed by atoms with Crippen LogP contribution in [0.3, 0.4) is 0 Å². The van der Waals surface area contributed by atoms with E-state index in [0.717, 1.165) is 24.9 Å². The number of benzene rings is 1. The van der Waals surface area contributed by atoms with Gasteiger partial charge < -0.3 is 15.1 Å². The highest BCUT2D eigenvalue weighted by molar-refractivity contribution is 6.30. The van der Waals surface area contributed by atoms with E-state index in [1.54, 1.807) is 4.90 Å². The highest BCUT2D eigenvalue weighted by Crippen LogP contribution is 2.28. The van der Waals surface area contributed by atoms with E-state index in [0.29, 0.717) is 24.7 Å². The monoisotopic (exact) mass is 371 g/mol. The van der Waals surface area contributed by atoms with E-state index in [4.69, 9.17) is 11.6 Å². The summed E-state index contributed by atoms with van der Waals surface area (Å²) in [5.74, 6) is 0.0412. The van der Waals surface area contributed by atoms with Gasteiger partial charge in [0, 0.05) is 38.1 Å². The number of likely N-dealkylation sites (tertiary alicyclic amines) is 1. The van der Waals surface area contributed by atoms with Crippen molar-refractivity contribution in [1.29, 1.82) is 0 Å². The van der Waals surface area contributed by atoms with Gasteiger partial charge in [-0.2, -0.15) is 0 Å². The molecule has 0 aliphatic carbocycles. The van der Waals surface area contributed by atoms with Gasteiger partial charge in [0.25, 0.3) is 0 Å². The van der Waals surface area contributed by atoms with Gasteiger partial charge >= 0.3 is 0 Å². The van der Waals surface area contributed by atoms with Gasteiger partial charge in [-0.15, -0.1) is 12.4 Å². The van der Waals surface area contributed by atoms with Crippen molar-refractivity contribution in [3.05, 3.63) is 34.9 Å². The summed E-state index contributed by atoms with van der Waals surface area (Å²) in [4.78, 5) is 28.4. The highest BCUT2D eigenvalue weighted by atomic mass is 35.5. The second kappa shape index (κ2) is 8.19. The minimum absolute atomic E-state index is 0. The molecule has 24 heavy (non-hydrogen) atoms. The second-order valence-corrected chi connectivity index (χ2v) is 6.61. The highest BCUT2D eigenvalue weighted by Gasteiger charge is 2.38. The number of hydrogen-bond donors (Lipinski definition) is 1. The molecule has 2 aliphatic heterocycles. The van der Waals surface area contributed by atoms with Crippen LogP contribution >= 0.6 is 24.0 Å². The SMILES string of the molecule is CC(=O)N1CCCC1C(=O)N1CCNCC1c1cccc(Cl)c1.Cl. The van der Waals surface area contributed by atoms with Crippen LogP contribution in [0.5, 0.6) is 0 Å². The zero-order valence-electron chi connectivity index (χ0n) is 13.7. The number of nitrogens with one attached hydrogen (secondary N) is 1. The summed E-state index contributed by atoms with van der Waals surface area (Å²) in [6.07, 6.45) is 1.65. The van der Waals surface area contributed by atoms with Gasteiger partial charge in [0.05, 0.1) is 6.04 Å². The van der Waals surface area contributed by atoms with E-state index >= 15 is 0 Å². The first kappa shape index (κ1) is 19.0. The molecule has 0 saturated carbocycles. The summed E-state index contributed by atoms with van der Waals surface area (Å²) in [5.41, 5.74) is 1.03. The van der Waals surface area contributed by atoms with Crippen LogP contribution in [0, 0.1) is 0 Å². The van der Waals surface area contributed by atoms with Gasteiger partial charge in [-0.1, -0.05) is 23.7 Å². The van der Waals surface area contributed by atoms with Crippen molar-refractivity contribution in [2.24, 2.45) is 0 Å². The number of amides is 2. The maximum absolute atomic E-state index is 13.1. The maximum Gasteiger partial charge on any atom is 0.245 e. The lowest BCUT2D eigenvalue weighted by Crippen LogP contribution is -2.54. The summed E-state index contributed by atoms with van der Waals surface area (Å²) in [7, 11) is 0. The van der Waals surface area contributed by atoms with Crippen LogP contribution in [0.15, 0.2) is 24.3 Å². The Kier molecular flexibility index (Phi) is 6.49. The van der Waals surface area contributed by atoms with Crippen LogP contribution in [-0.4, -0.2) is 53.8 Å². The molecule has 7 heteroatoms. The molecular weight excluding hydrogens is 349 g/mol. The minimum atomic E-state index is -0.313. The number of nitrogens with zero attached hydrogens (tertiary/aromatic N) is 2. The van der Waals surface area contributed by atoms with Gasteiger partial charge in [-0.05, 0) is 30.5 Å². The Morgan fingerprint density at radius 1 is 1.25 bits per heavy atom. The fraction of sp³-hybridized carbons (Fsp3) is 0.529. The molecule has 2 unspecified atom stereocenters. The molecule has 0 aromatic heterocycles. The van der Waals surface area contributed by atoms with Crippen molar-refractivity contribution in [1.82, 2.24) is 15.1 Å². The average Bonchev–Trinajstić information content (AvgIpc) is 3.04. The molecule has 2 heterocycles. The van der Waals surface area contributed by atoms with Crippen molar-refractivity contribution in [3.8, 4) is 0 Å². The Morgan fingerprint density at radius 3 is 2.75 bits per heavy atom. The first-order chi connectivity index (χ1) is 11.1. The molecule has 1 aromatic carbocycles. The molecule has 132 valence electrons. The fourth-order valence-electron chi connectivity index (χ4n) is 3.57. The van der Waals surface area contributed by atoms with Crippen LogP contribution in [0.1, 0.15) is 31.4 Å². The topological polar surface area (TPSA) is 52.7 Å². The Hall–Kier alpha value is -1.30. The van der Waals surface area contributed by atoms with Crippen LogP contribution in [0.4, 0.5) is 0 Å². The van der Waals surface area contributed by atoms with E-state index in [1.807, 2.05) is 29.2 Å². The molecule has 2 atom stereocenters. The summed E-state index contributed by atoms with van der Waals surface area (Å²) < 4.78 is 0. The molecule has 0 spiro atoms. The summed E-state index contributed by atoms with van der Waals surface area (Å²) >= 11 is 6.11. The van der Waals surface area contributed by atoms with Crippen molar-refractivity contribution in [3.63, 3.8) is 0 Å². The Morgan fingerprint density at radius 2 is 2.04 bits per heavy atom. The largest absolute Gasteiger partial charge is 0.331 e.